The standard InChI is InChI=1S/C18H14N6O/c1-23-12-14(11-21-23)24-9-6-18(25)16(22-24)5-3-13-2-4-15-17(10-13)20-8-7-19-15/h2-12H,1H3. The van der Waals surface area contributed by atoms with Crippen LogP contribution < -0.4 is 5.43 Å². The van der Waals surface area contributed by atoms with Gasteiger partial charge in [0.15, 0.2) is 0 Å². The van der Waals surface area contributed by atoms with Crippen LogP contribution in [0.2, 0.25) is 0 Å². The van der Waals surface area contributed by atoms with Crippen LogP contribution in [0.25, 0.3) is 28.9 Å². The van der Waals surface area contributed by atoms with E-state index in [0.29, 0.717) is 5.69 Å². The van der Waals surface area contributed by atoms with Crippen molar-refractivity contribution in [1.29, 1.82) is 0 Å². The zero-order valence-corrected chi connectivity index (χ0v) is 13.4. The second-order valence-corrected chi connectivity index (χ2v) is 5.52. The molecule has 0 saturated carbocycles. The number of hydrogen-bond acceptors (Lipinski definition) is 5. The van der Waals surface area contributed by atoms with Gasteiger partial charge in [-0.2, -0.15) is 10.2 Å². The Labute approximate surface area is 142 Å². The molecule has 122 valence electrons. The van der Waals surface area contributed by atoms with Crippen molar-refractivity contribution in [2.75, 3.05) is 0 Å². The van der Waals surface area contributed by atoms with Gasteiger partial charge in [0.1, 0.15) is 11.4 Å². The third-order valence-corrected chi connectivity index (χ3v) is 3.72. The summed E-state index contributed by atoms with van der Waals surface area (Å²) in [6.45, 7) is 0. The van der Waals surface area contributed by atoms with Gasteiger partial charge in [0.05, 0.1) is 23.4 Å². The SMILES string of the molecule is Cn1cc(-n2ccc(=O)c(C=Cc3ccc4nccnc4c3)n2)cn1. The predicted octanol–water partition coefficient (Wildman–Crippen LogP) is 2.08. The molecular weight excluding hydrogens is 316 g/mol. The highest BCUT2D eigenvalue weighted by Gasteiger charge is 2.03. The fourth-order valence-corrected chi connectivity index (χ4v) is 2.47. The van der Waals surface area contributed by atoms with E-state index < -0.39 is 0 Å². The normalized spacial score (nSPS) is 11.4. The van der Waals surface area contributed by atoms with E-state index in [1.165, 1.54) is 6.07 Å². The Morgan fingerprint density at radius 3 is 2.68 bits per heavy atom. The maximum absolute atomic E-state index is 12.1. The van der Waals surface area contributed by atoms with Crippen molar-refractivity contribution in [2.45, 2.75) is 0 Å². The van der Waals surface area contributed by atoms with Crippen molar-refractivity contribution in [3.63, 3.8) is 0 Å². The van der Waals surface area contributed by atoms with Crippen LogP contribution in [0.4, 0.5) is 0 Å². The lowest BCUT2D eigenvalue weighted by Crippen LogP contribution is -2.12. The summed E-state index contributed by atoms with van der Waals surface area (Å²) in [5.41, 5.74) is 3.56. The van der Waals surface area contributed by atoms with Gasteiger partial charge in [0.2, 0.25) is 5.43 Å². The molecule has 7 heteroatoms. The third kappa shape index (κ3) is 3.07. The number of aryl methyl sites for hydroxylation is 1. The molecule has 3 heterocycles. The van der Waals surface area contributed by atoms with E-state index in [1.807, 2.05) is 37.5 Å². The van der Waals surface area contributed by atoms with Gasteiger partial charge in [0, 0.05) is 31.7 Å². The molecule has 0 bridgehead atoms. The lowest BCUT2D eigenvalue weighted by Gasteiger charge is -2.02. The Morgan fingerprint density at radius 2 is 1.88 bits per heavy atom. The van der Waals surface area contributed by atoms with Gasteiger partial charge in [-0.05, 0) is 23.8 Å². The molecule has 4 aromatic rings. The topological polar surface area (TPSA) is 78.5 Å². The zero-order valence-electron chi connectivity index (χ0n) is 13.4. The van der Waals surface area contributed by atoms with Crippen LogP contribution in [0, 0.1) is 0 Å². The van der Waals surface area contributed by atoms with E-state index in [0.717, 1.165) is 22.3 Å². The highest BCUT2D eigenvalue weighted by atomic mass is 16.1. The van der Waals surface area contributed by atoms with Crippen molar-refractivity contribution >= 4 is 23.2 Å². The van der Waals surface area contributed by atoms with Crippen LogP contribution in [0.1, 0.15) is 11.3 Å². The molecule has 1 aromatic carbocycles. The molecule has 0 amide bonds. The maximum Gasteiger partial charge on any atom is 0.207 e. The quantitative estimate of drug-likeness (QED) is 0.575. The van der Waals surface area contributed by atoms with Crippen molar-refractivity contribution in [1.82, 2.24) is 29.5 Å². The number of aromatic nitrogens is 6. The van der Waals surface area contributed by atoms with Gasteiger partial charge in [-0.15, -0.1) is 0 Å². The first-order valence-corrected chi connectivity index (χ1v) is 7.67. The summed E-state index contributed by atoms with van der Waals surface area (Å²) in [5.74, 6) is 0. The molecule has 25 heavy (non-hydrogen) atoms. The van der Waals surface area contributed by atoms with Gasteiger partial charge >= 0.3 is 0 Å². The van der Waals surface area contributed by atoms with Crippen LogP contribution in [0.3, 0.4) is 0 Å². The number of hydrogen-bond donors (Lipinski definition) is 0. The largest absolute Gasteiger partial charge is 0.287 e. The minimum absolute atomic E-state index is 0.142. The molecule has 7 nitrogen and oxygen atoms in total. The molecule has 0 saturated heterocycles. The van der Waals surface area contributed by atoms with E-state index in [4.69, 9.17) is 0 Å². The third-order valence-electron chi connectivity index (χ3n) is 3.72. The van der Waals surface area contributed by atoms with Crippen molar-refractivity contribution < 1.29 is 0 Å². The minimum Gasteiger partial charge on any atom is -0.287 e. The monoisotopic (exact) mass is 330 g/mol. The van der Waals surface area contributed by atoms with E-state index >= 15 is 0 Å². The molecule has 3 aromatic heterocycles. The van der Waals surface area contributed by atoms with E-state index in [9.17, 15) is 4.79 Å². The summed E-state index contributed by atoms with van der Waals surface area (Å²) < 4.78 is 3.31. The van der Waals surface area contributed by atoms with Crippen molar-refractivity contribution in [3.8, 4) is 5.69 Å². The molecule has 0 aliphatic rings. The minimum atomic E-state index is -0.142. The van der Waals surface area contributed by atoms with Gasteiger partial charge in [-0.1, -0.05) is 12.1 Å². The van der Waals surface area contributed by atoms with E-state index in [2.05, 4.69) is 20.2 Å². The summed E-state index contributed by atoms with van der Waals surface area (Å²) in [6.07, 6.45) is 12.0. The molecule has 0 atom stereocenters. The summed E-state index contributed by atoms with van der Waals surface area (Å²) in [6, 6.07) is 7.23. The fraction of sp³-hybridized carbons (Fsp3) is 0.0556. The first kappa shape index (κ1) is 14.9. The zero-order chi connectivity index (χ0) is 17.2. The molecular formula is C18H14N6O. The van der Waals surface area contributed by atoms with Crippen LogP contribution in [-0.4, -0.2) is 29.5 Å². The van der Waals surface area contributed by atoms with Crippen LogP contribution in [0.15, 0.2) is 60.0 Å². The maximum atomic E-state index is 12.1. The Morgan fingerprint density at radius 1 is 1.04 bits per heavy atom. The van der Waals surface area contributed by atoms with Crippen molar-refractivity contribution in [3.05, 3.63) is 76.7 Å². The average Bonchev–Trinajstić information content (AvgIpc) is 3.07. The average molecular weight is 330 g/mol. The highest BCUT2D eigenvalue weighted by molar-refractivity contribution is 5.79. The smallest absolute Gasteiger partial charge is 0.207 e. The first-order chi connectivity index (χ1) is 12.2. The van der Waals surface area contributed by atoms with Crippen molar-refractivity contribution in [2.24, 2.45) is 7.05 Å². The molecule has 0 spiro atoms. The molecule has 0 N–H and O–H groups in total. The first-order valence-electron chi connectivity index (χ1n) is 7.67. The summed E-state index contributed by atoms with van der Waals surface area (Å²) in [7, 11) is 1.83. The van der Waals surface area contributed by atoms with Crippen LogP contribution in [0.5, 0.6) is 0 Å². The van der Waals surface area contributed by atoms with Gasteiger partial charge in [-0.3, -0.25) is 19.4 Å². The second kappa shape index (κ2) is 6.12. The predicted molar refractivity (Wildman–Crippen MR) is 95.1 cm³/mol. The number of benzene rings is 1. The lowest BCUT2D eigenvalue weighted by atomic mass is 10.1. The van der Waals surface area contributed by atoms with E-state index in [-0.39, 0.29) is 5.43 Å². The number of rotatable bonds is 3. The Hall–Kier alpha value is -3.61. The molecule has 0 aliphatic heterocycles. The number of fused-ring (bicyclic) bond motifs is 1. The summed E-state index contributed by atoms with van der Waals surface area (Å²) in [4.78, 5) is 20.6. The molecule has 4 rings (SSSR count). The van der Waals surface area contributed by atoms with Crippen LogP contribution in [-0.2, 0) is 7.05 Å². The Balaban J connectivity index is 1.69. The molecule has 0 radical (unpaired) electrons. The molecule has 0 unspecified atom stereocenters. The molecule has 0 aliphatic carbocycles. The fourth-order valence-electron chi connectivity index (χ4n) is 2.47. The summed E-state index contributed by atoms with van der Waals surface area (Å²) >= 11 is 0. The molecule has 0 fully saturated rings. The summed E-state index contributed by atoms with van der Waals surface area (Å²) in [5, 5.41) is 8.48. The van der Waals surface area contributed by atoms with Gasteiger partial charge in [-0.25, -0.2) is 4.68 Å². The Kier molecular flexibility index (Phi) is 3.66. The lowest BCUT2D eigenvalue weighted by molar-refractivity contribution is 0.764. The highest BCUT2D eigenvalue weighted by Crippen LogP contribution is 2.13. The van der Waals surface area contributed by atoms with Crippen LogP contribution >= 0.6 is 0 Å². The Bertz CT molecular complexity index is 1140. The second-order valence-electron chi connectivity index (χ2n) is 5.52. The van der Waals surface area contributed by atoms with E-state index in [1.54, 1.807) is 40.2 Å². The van der Waals surface area contributed by atoms with Gasteiger partial charge < -0.3 is 0 Å². The number of nitrogens with zero attached hydrogens (tertiary/aromatic N) is 6. The van der Waals surface area contributed by atoms with Gasteiger partial charge in [0.25, 0.3) is 0 Å².